The molecule has 0 saturated heterocycles. The summed E-state index contributed by atoms with van der Waals surface area (Å²) in [6.07, 6.45) is -0.0680. The lowest BCUT2D eigenvalue weighted by atomic mass is 10.2. The van der Waals surface area contributed by atoms with Crippen molar-refractivity contribution in [3.8, 4) is 0 Å². The average Bonchev–Trinajstić information content (AvgIpc) is 2.34. The molecule has 18 heavy (non-hydrogen) atoms. The van der Waals surface area contributed by atoms with E-state index in [1.54, 1.807) is 6.92 Å². The smallest absolute Gasteiger partial charge is 0.332 e. The number of nitro groups is 1. The van der Waals surface area contributed by atoms with Crippen molar-refractivity contribution in [3.05, 3.63) is 15.8 Å². The third-order valence-electron chi connectivity index (χ3n) is 2.35. The number of rotatable bonds is 6. The summed E-state index contributed by atoms with van der Waals surface area (Å²) in [5, 5.41) is 23.1. The van der Waals surface area contributed by atoms with Gasteiger partial charge in [-0.2, -0.15) is 4.98 Å². The maximum Gasteiger partial charge on any atom is 0.332 e. The zero-order valence-electron chi connectivity index (χ0n) is 10.2. The van der Waals surface area contributed by atoms with Gasteiger partial charge in [-0.1, -0.05) is 6.92 Å². The minimum Gasteiger partial charge on any atom is -0.391 e. The largest absolute Gasteiger partial charge is 0.391 e. The Labute approximate surface area is 104 Å². The van der Waals surface area contributed by atoms with E-state index in [4.69, 9.17) is 5.84 Å². The SMILES string of the molecule is CCC(O)CNc1nc(NN)nc(C)c1[N+](=O)[O-]. The van der Waals surface area contributed by atoms with Gasteiger partial charge in [-0.3, -0.25) is 15.5 Å². The Kier molecular flexibility index (Phi) is 4.75. The first-order chi connectivity index (χ1) is 8.49. The molecule has 1 unspecified atom stereocenters. The predicted molar refractivity (Wildman–Crippen MR) is 66.0 cm³/mol. The van der Waals surface area contributed by atoms with Gasteiger partial charge in [0, 0.05) is 6.54 Å². The van der Waals surface area contributed by atoms with E-state index in [-0.39, 0.29) is 29.7 Å². The lowest BCUT2D eigenvalue weighted by Crippen LogP contribution is -2.21. The number of nitrogens with one attached hydrogen (secondary N) is 2. The van der Waals surface area contributed by atoms with E-state index in [9.17, 15) is 15.2 Å². The van der Waals surface area contributed by atoms with Gasteiger partial charge in [-0.05, 0) is 13.3 Å². The highest BCUT2D eigenvalue weighted by Gasteiger charge is 2.22. The Bertz CT molecular complexity index is 439. The topological polar surface area (TPSA) is 139 Å². The predicted octanol–water partition coefficient (Wildman–Crippen LogP) is 0.162. The third-order valence-corrected chi connectivity index (χ3v) is 2.35. The van der Waals surface area contributed by atoms with Gasteiger partial charge in [0.15, 0.2) is 0 Å². The second-order valence-corrected chi connectivity index (χ2v) is 3.67. The summed E-state index contributed by atoms with van der Waals surface area (Å²) >= 11 is 0. The van der Waals surface area contributed by atoms with Gasteiger partial charge in [0.1, 0.15) is 5.69 Å². The van der Waals surface area contributed by atoms with Crippen LogP contribution in [0.5, 0.6) is 0 Å². The van der Waals surface area contributed by atoms with Gasteiger partial charge in [0.2, 0.25) is 11.8 Å². The lowest BCUT2D eigenvalue weighted by molar-refractivity contribution is -0.385. The summed E-state index contributed by atoms with van der Waals surface area (Å²) in [7, 11) is 0. The number of anilines is 2. The molecule has 0 aromatic carbocycles. The van der Waals surface area contributed by atoms with Crippen LogP contribution in [-0.4, -0.2) is 32.6 Å². The van der Waals surface area contributed by atoms with Crippen LogP contribution in [0.4, 0.5) is 17.5 Å². The van der Waals surface area contributed by atoms with E-state index in [0.717, 1.165) is 0 Å². The molecule has 1 aromatic heterocycles. The number of hydrogen-bond donors (Lipinski definition) is 4. The molecule has 0 amide bonds. The van der Waals surface area contributed by atoms with Crippen molar-refractivity contribution in [3.63, 3.8) is 0 Å². The summed E-state index contributed by atoms with van der Waals surface area (Å²) in [5.41, 5.74) is 2.20. The van der Waals surface area contributed by atoms with Crippen molar-refractivity contribution in [2.75, 3.05) is 17.3 Å². The van der Waals surface area contributed by atoms with Crippen LogP contribution in [0.15, 0.2) is 0 Å². The Hall–Kier alpha value is -2.00. The van der Waals surface area contributed by atoms with Crippen LogP contribution in [0.25, 0.3) is 0 Å². The van der Waals surface area contributed by atoms with Crippen molar-refractivity contribution in [2.45, 2.75) is 26.4 Å². The molecule has 0 aliphatic rings. The number of hydrogen-bond acceptors (Lipinski definition) is 8. The fourth-order valence-electron chi connectivity index (χ4n) is 1.33. The molecule has 1 rings (SSSR count). The van der Waals surface area contributed by atoms with E-state index in [1.807, 2.05) is 0 Å². The van der Waals surface area contributed by atoms with Crippen molar-refractivity contribution in [2.24, 2.45) is 5.84 Å². The molecule has 1 heterocycles. The van der Waals surface area contributed by atoms with Gasteiger partial charge in [0.05, 0.1) is 11.0 Å². The minimum absolute atomic E-state index is 0.0351. The third kappa shape index (κ3) is 3.25. The molecule has 0 fully saturated rings. The summed E-state index contributed by atoms with van der Waals surface area (Å²) in [6, 6.07) is 0. The minimum atomic E-state index is -0.603. The van der Waals surface area contributed by atoms with Crippen molar-refractivity contribution >= 4 is 17.5 Å². The van der Waals surface area contributed by atoms with Crippen molar-refractivity contribution in [1.29, 1.82) is 0 Å². The first-order valence-corrected chi connectivity index (χ1v) is 5.41. The molecule has 100 valence electrons. The average molecular weight is 256 g/mol. The number of aliphatic hydroxyl groups is 1. The molecule has 0 aliphatic heterocycles. The van der Waals surface area contributed by atoms with Crippen LogP contribution >= 0.6 is 0 Å². The number of hydrazine groups is 1. The second kappa shape index (κ2) is 6.07. The standard InChI is InChI=1S/C9H16N6O3/c1-3-6(16)4-11-8-7(15(17)18)5(2)12-9(13-8)14-10/h6,16H,3-4,10H2,1-2H3,(H2,11,12,13,14). The number of aliphatic hydroxyl groups excluding tert-OH is 1. The van der Waals surface area contributed by atoms with Crippen molar-refractivity contribution < 1.29 is 10.0 Å². The molecule has 0 bridgehead atoms. The summed E-state index contributed by atoms with van der Waals surface area (Å²) in [6.45, 7) is 3.46. The molecular weight excluding hydrogens is 240 g/mol. The summed E-state index contributed by atoms with van der Waals surface area (Å²) < 4.78 is 0. The van der Waals surface area contributed by atoms with E-state index in [2.05, 4.69) is 20.7 Å². The zero-order chi connectivity index (χ0) is 13.7. The number of nitrogen functional groups attached to an aromatic ring is 1. The number of nitrogens with two attached hydrogens (primary N) is 1. The zero-order valence-corrected chi connectivity index (χ0v) is 10.2. The first-order valence-electron chi connectivity index (χ1n) is 5.41. The lowest BCUT2D eigenvalue weighted by Gasteiger charge is -2.11. The molecule has 0 saturated carbocycles. The molecule has 0 aliphatic carbocycles. The Balaban J connectivity index is 3.05. The maximum absolute atomic E-state index is 10.9. The molecule has 1 atom stereocenters. The Morgan fingerprint density at radius 2 is 2.22 bits per heavy atom. The molecule has 0 radical (unpaired) electrons. The van der Waals surface area contributed by atoms with Crippen LogP contribution in [0.3, 0.4) is 0 Å². The Morgan fingerprint density at radius 3 is 2.72 bits per heavy atom. The molecular formula is C9H16N6O3. The van der Waals surface area contributed by atoms with Crippen LogP contribution in [-0.2, 0) is 0 Å². The Morgan fingerprint density at radius 1 is 1.56 bits per heavy atom. The highest BCUT2D eigenvalue weighted by atomic mass is 16.6. The molecule has 9 heteroatoms. The fraction of sp³-hybridized carbons (Fsp3) is 0.556. The normalized spacial score (nSPS) is 12.0. The van der Waals surface area contributed by atoms with Crippen LogP contribution in [0.1, 0.15) is 19.0 Å². The molecule has 1 aromatic rings. The molecule has 0 spiro atoms. The van der Waals surface area contributed by atoms with E-state index < -0.39 is 11.0 Å². The molecule has 5 N–H and O–H groups in total. The number of aryl methyl sites for hydroxylation is 1. The van der Waals surface area contributed by atoms with Crippen LogP contribution in [0, 0.1) is 17.0 Å². The van der Waals surface area contributed by atoms with E-state index in [0.29, 0.717) is 6.42 Å². The second-order valence-electron chi connectivity index (χ2n) is 3.67. The van der Waals surface area contributed by atoms with Gasteiger partial charge >= 0.3 is 5.69 Å². The highest BCUT2D eigenvalue weighted by Crippen LogP contribution is 2.26. The number of aromatic nitrogens is 2. The monoisotopic (exact) mass is 256 g/mol. The summed E-state index contributed by atoms with van der Waals surface area (Å²) in [5.74, 6) is 5.28. The quantitative estimate of drug-likeness (QED) is 0.320. The first kappa shape index (κ1) is 14.1. The number of nitrogens with zero attached hydrogens (tertiary/aromatic N) is 3. The molecule has 9 nitrogen and oxygen atoms in total. The summed E-state index contributed by atoms with van der Waals surface area (Å²) in [4.78, 5) is 18.1. The van der Waals surface area contributed by atoms with Gasteiger partial charge in [-0.15, -0.1) is 0 Å². The fourth-order valence-corrected chi connectivity index (χ4v) is 1.33. The maximum atomic E-state index is 10.9. The van der Waals surface area contributed by atoms with Gasteiger partial charge in [0.25, 0.3) is 0 Å². The van der Waals surface area contributed by atoms with Crippen LogP contribution in [0.2, 0.25) is 0 Å². The van der Waals surface area contributed by atoms with Gasteiger partial charge < -0.3 is 10.4 Å². The van der Waals surface area contributed by atoms with E-state index >= 15 is 0 Å². The van der Waals surface area contributed by atoms with Gasteiger partial charge in [-0.25, -0.2) is 10.8 Å². The van der Waals surface area contributed by atoms with Crippen LogP contribution < -0.4 is 16.6 Å². The van der Waals surface area contributed by atoms with E-state index in [1.165, 1.54) is 6.92 Å². The highest BCUT2D eigenvalue weighted by molar-refractivity contribution is 5.60. The van der Waals surface area contributed by atoms with Crippen molar-refractivity contribution in [1.82, 2.24) is 9.97 Å².